The van der Waals surface area contributed by atoms with Gasteiger partial charge in [-0.15, -0.1) is 0 Å². The van der Waals surface area contributed by atoms with E-state index >= 15 is 0 Å². The molecule has 5 rings (SSSR count). The molecule has 2 aromatic rings. The first kappa shape index (κ1) is 23.8. The van der Waals surface area contributed by atoms with Crippen LogP contribution >= 0.6 is 0 Å². The molecule has 2 aromatic carbocycles. The van der Waals surface area contributed by atoms with E-state index in [0.717, 1.165) is 11.1 Å². The number of amides is 1. The maximum absolute atomic E-state index is 13.5. The Bertz CT molecular complexity index is 1360. The fourth-order valence-electron chi connectivity index (χ4n) is 5.79. The highest BCUT2D eigenvalue weighted by Gasteiger charge is 2.60. The predicted molar refractivity (Wildman–Crippen MR) is 128 cm³/mol. The molecule has 0 aromatic heterocycles. The largest absolute Gasteiger partial charge is 0.508 e. The first-order valence-electron chi connectivity index (χ1n) is 11.7. The number of ketones is 2. The monoisotopic (exact) mass is 490 g/mol. The van der Waals surface area contributed by atoms with Gasteiger partial charge < -0.3 is 31.5 Å². The molecular formula is C27H26N2O7. The molecular weight excluding hydrogens is 464 g/mol. The molecule has 3 aliphatic rings. The number of carbonyl (C=O) groups is 3. The molecule has 3 atom stereocenters. The lowest BCUT2D eigenvalue weighted by molar-refractivity contribution is -0.147. The SMILES string of the molecule is NC(=O)C1=C(O)[C@@]2(O)C(=O)C3=C(O)c4c(O)ccc(CNCc5ccccc5)c4C[C@H]3C[C@H]2CC1=O. The lowest BCUT2D eigenvalue weighted by Crippen LogP contribution is -2.58. The van der Waals surface area contributed by atoms with Gasteiger partial charge in [-0.1, -0.05) is 36.4 Å². The molecule has 0 spiro atoms. The minimum Gasteiger partial charge on any atom is -0.508 e. The molecule has 1 fully saturated rings. The summed E-state index contributed by atoms with van der Waals surface area (Å²) in [6.07, 6.45) is 0.0497. The summed E-state index contributed by atoms with van der Waals surface area (Å²) in [5.74, 6) is -6.29. The average Bonchev–Trinajstić information content (AvgIpc) is 2.83. The maximum atomic E-state index is 13.5. The Morgan fingerprint density at radius 2 is 1.75 bits per heavy atom. The van der Waals surface area contributed by atoms with E-state index in [0.29, 0.717) is 18.7 Å². The molecule has 1 amide bonds. The van der Waals surface area contributed by atoms with Gasteiger partial charge in [0.25, 0.3) is 5.91 Å². The highest BCUT2D eigenvalue weighted by molar-refractivity contribution is 6.22. The van der Waals surface area contributed by atoms with E-state index in [-0.39, 0.29) is 36.1 Å². The second kappa shape index (κ2) is 8.61. The van der Waals surface area contributed by atoms with Crippen LogP contribution in [0, 0.1) is 11.8 Å². The molecule has 186 valence electrons. The van der Waals surface area contributed by atoms with Gasteiger partial charge >= 0.3 is 0 Å². The van der Waals surface area contributed by atoms with E-state index in [2.05, 4.69) is 5.32 Å². The van der Waals surface area contributed by atoms with Crippen LogP contribution in [0.15, 0.2) is 59.4 Å². The molecule has 0 aliphatic heterocycles. The summed E-state index contributed by atoms with van der Waals surface area (Å²) >= 11 is 0. The number of nitrogens with one attached hydrogen (secondary N) is 1. The van der Waals surface area contributed by atoms with Crippen LogP contribution in [0.5, 0.6) is 5.75 Å². The number of phenols is 1. The van der Waals surface area contributed by atoms with Crippen molar-refractivity contribution in [3.8, 4) is 5.75 Å². The zero-order valence-corrected chi connectivity index (χ0v) is 19.3. The number of benzene rings is 2. The molecule has 9 heteroatoms. The zero-order chi connectivity index (χ0) is 25.8. The molecule has 36 heavy (non-hydrogen) atoms. The molecule has 0 saturated heterocycles. The summed E-state index contributed by atoms with van der Waals surface area (Å²) in [4.78, 5) is 37.7. The number of Topliss-reactive ketones (excluding diaryl/α,β-unsaturated/α-hetero) is 2. The van der Waals surface area contributed by atoms with Crippen molar-refractivity contribution >= 4 is 23.2 Å². The number of phenolic OH excluding ortho intramolecular Hbond substituents is 1. The van der Waals surface area contributed by atoms with Crippen LogP contribution in [-0.2, 0) is 33.9 Å². The van der Waals surface area contributed by atoms with Crippen LogP contribution < -0.4 is 11.1 Å². The van der Waals surface area contributed by atoms with E-state index in [1.54, 1.807) is 6.07 Å². The second-order valence-electron chi connectivity index (χ2n) is 9.59. The van der Waals surface area contributed by atoms with Crippen LogP contribution in [0.4, 0.5) is 0 Å². The summed E-state index contributed by atoms with van der Waals surface area (Å²) in [5, 5.41) is 47.0. The van der Waals surface area contributed by atoms with Gasteiger partial charge in [-0.2, -0.15) is 0 Å². The molecule has 0 unspecified atom stereocenters. The van der Waals surface area contributed by atoms with Crippen molar-refractivity contribution in [2.24, 2.45) is 17.6 Å². The van der Waals surface area contributed by atoms with Gasteiger partial charge in [-0.05, 0) is 41.5 Å². The summed E-state index contributed by atoms with van der Waals surface area (Å²) in [5.41, 5.74) is 4.40. The Morgan fingerprint density at radius 3 is 2.44 bits per heavy atom. The normalized spacial score (nSPS) is 25.4. The molecule has 0 heterocycles. The Balaban J connectivity index is 1.53. The molecule has 3 aliphatic carbocycles. The Morgan fingerprint density at radius 1 is 1.03 bits per heavy atom. The van der Waals surface area contributed by atoms with Crippen molar-refractivity contribution < 1.29 is 34.8 Å². The minimum absolute atomic E-state index is 0.0983. The molecule has 7 N–H and O–H groups in total. The number of aliphatic hydroxyl groups is 3. The number of rotatable bonds is 5. The van der Waals surface area contributed by atoms with Crippen molar-refractivity contribution in [1.29, 1.82) is 0 Å². The zero-order valence-electron chi connectivity index (χ0n) is 19.3. The first-order chi connectivity index (χ1) is 17.1. The average molecular weight is 491 g/mol. The fourth-order valence-corrected chi connectivity index (χ4v) is 5.79. The number of nitrogens with two attached hydrogens (primary N) is 1. The number of hydrogen-bond donors (Lipinski definition) is 6. The van der Waals surface area contributed by atoms with Crippen molar-refractivity contribution in [1.82, 2.24) is 5.32 Å². The van der Waals surface area contributed by atoms with Gasteiger partial charge in [0.05, 0.1) is 5.56 Å². The summed E-state index contributed by atoms with van der Waals surface area (Å²) < 4.78 is 0. The lowest BCUT2D eigenvalue weighted by Gasteiger charge is -2.46. The van der Waals surface area contributed by atoms with Gasteiger partial charge in [0.15, 0.2) is 11.4 Å². The van der Waals surface area contributed by atoms with Gasteiger partial charge in [0, 0.05) is 31.0 Å². The Kier molecular flexibility index (Phi) is 5.69. The molecule has 1 saturated carbocycles. The van der Waals surface area contributed by atoms with Gasteiger partial charge in [0.2, 0.25) is 5.78 Å². The number of primary amides is 1. The van der Waals surface area contributed by atoms with Gasteiger partial charge in [-0.25, -0.2) is 0 Å². The first-order valence-corrected chi connectivity index (χ1v) is 11.7. The van der Waals surface area contributed by atoms with Crippen molar-refractivity contribution in [2.45, 2.75) is 38.0 Å². The Labute approximate surface area is 206 Å². The van der Waals surface area contributed by atoms with Gasteiger partial charge in [0.1, 0.15) is 22.8 Å². The minimum atomic E-state index is -2.56. The predicted octanol–water partition coefficient (Wildman–Crippen LogP) is 1.71. The van der Waals surface area contributed by atoms with Gasteiger partial charge in [-0.3, -0.25) is 14.4 Å². The van der Waals surface area contributed by atoms with Crippen LogP contribution in [0.25, 0.3) is 5.76 Å². The quantitative estimate of drug-likeness (QED) is 0.344. The number of carbonyl (C=O) groups excluding carboxylic acids is 3. The van der Waals surface area contributed by atoms with Crippen LogP contribution in [0.3, 0.4) is 0 Å². The summed E-state index contributed by atoms with van der Waals surface area (Å²) in [7, 11) is 0. The highest BCUT2D eigenvalue weighted by Crippen LogP contribution is 2.52. The molecule has 0 radical (unpaired) electrons. The molecule has 0 bridgehead atoms. The number of aromatic hydroxyl groups is 1. The van der Waals surface area contributed by atoms with E-state index in [4.69, 9.17) is 5.73 Å². The maximum Gasteiger partial charge on any atom is 0.255 e. The van der Waals surface area contributed by atoms with Crippen LogP contribution in [0.1, 0.15) is 35.1 Å². The van der Waals surface area contributed by atoms with E-state index in [1.807, 2.05) is 30.3 Å². The smallest absolute Gasteiger partial charge is 0.255 e. The van der Waals surface area contributed by atoms with E-state index in [1.165, 1.54) is 6.07 Å². The third kappa shape index (κ3) is 3.51. The molecule has 9 nitrogen and oxygen atoms in total. The topological polar surface area (TPSA) is 170 Å². The Hall–Kier alpha value is -3.95. The fraction of sp³-hybridized carbons (Fsp3) is 0.296. The van der Waals surface area contributed by atoms with E-state index < -0.39 is 52.0 Å². The lowest BCUT2D eigenvalue weighted by atomic mass is 9.59. The number of aliphatic hydroxyl groups excluding tert-OH is 2. The van der Waals surface area contributed by atoms with E-state index in [9.17, 15) is 34.8 Å². The van der Waals surface area contributed by atoms with Crippen molar-refractivity contribution in [3.05, 3.63) is 81.6 Å². The second-order valence-corrected chi connectivity index (χ2v) is 9.59. The third-order valence-electron chi connectivity index (χ3n) is 7.53. The number of fused-ring (bicyclic) bond motifs is 3. The highest BCUT2D eigenvalue weighted by atomic mass is 16.3. The summed E-state index contributed by atoms with van der Waals surface area (Å²) in [6, 6.07) is 13.0. The van der Waals surface area contributed by atoms with Crippen molar-refractivity contribution in [3.63, 3.8) is 0 Å². The van der Waals surface area contributed by atoms with Crippen LogP contribution in [0.2, 0.25) is 0 Å². The standard InChI is InChI=1S/C27H26N2O7/c28-26(35)22-19(31)10-16-8-15-9-17-14(12-29-11-13-4-2-1-3-5-13)6-7-18(30)21(17)23(32)20(15)24(33)27(16,36)25(22)34/h1-7,15-16,29-30,32,34,36H,8-12H2,(H2,28,35)/t15-,16+,27+/m1/s1. The number of hydrogen-bond acceptors (Lipinski definition) is 8. The summed E-state index contributed by atoms with van der Waals surface area (Å²) in [6.45, 7) is 1.05. The van der Waals surface area contributed by atoms with Crippen LogP contribution in [-0.4, -0.2) is 43.5 Å². The third-order valence-corrected chi connectivity index (χ3v) is 7.53. The van der Waals surface area contributed by atoms with Crippen molar-refractivity contribution in [2.75, 3.05) is 0 Å².